The molecule has 0 saturated carbocycles. The van der Waals surface area contributed by atoms with E-state index >= 15 is 0 Å². The Balaban J connectivity index is 1.57. The summed E-state index contributed by atoms with van der Waals surface area (Å²) in [5, 5.41) is 9.38. The number of carbonyl (C=O) groups is 3. The normalized spacial score (nSPS) is 10.5. The van der Waals surface area contributed by atoms with E-state index in [4.69, 9.17) is 25.8 Å². The number of anilines is 2. The Morgan fingerprint density at radius 2 is 1.70 bits per heavy atom. The zero-order chi connectivity index (χ0) is 26.8. The Kier molecular flexibility index (Phi) is 10.1. The van der Waals surface area contributed by atoms with Gasteiger partial charge >= 0.3 is 11.8 Å². The summed E-state index contributed by atoms with van der Waals surface area (Å²) in [6, 6.07) is 16.7. The number of nitrogens with one attached hydrogen (secondary N) is 3. The summed E-state index contributed by atoms with van der Waals surface area (Å²) in [4.78, 5) is 36.4. The zero-order valence-corrected chi connectivity index (χ0v) is 22.6. The van der Waals surface area contributed by atoms with Crippen LogP contribution in [-0.2, 0) is 14.4 Å². The maximum Gasteiger partial charge on any atom is 0.329 e. The first-order valence-corrected chi connectivity index (χ1v) is 12.1. The fourth-order valence-electron chi connectivity index (χ4n) is 2.92. The van der Waals surface area contributed by atoms with Crippen LogP contribution in [0.3, 0.4) is 0 Å². The summed E-state index contributed by atoms with van der Waals surface area (Å²) >= 11 is 8.08. The van der Waals surface area contributed by atoms with E-state index in [0.717, 1.165) is 0 Å². The van der Waals surface area contributed by atoms with Gasteiger partial charge in [0.2, 0.25) is 0 Å². The first-order chi connectivity index (χ1) is 17.8. The summed E-state index contributed by atoms with van der Waals surface area (Å²) in [5.74, 6) is -0.896. The van der Waals surface area contributed by atoms with Gasteiger partial charge in [-0.1, -0.05) is 23.7 Å². The Morgan fingerprint density at radius 3 is 2.38 bits per heavy atom. The molecular weight excluding hydrogens is 615 g/mol. The number of nitrogens with zero attached hydrogens (tertiary/aromatic N) is 1. The van der Waals surface area contributed by atoms with Crippen LogP contribution in [0.25, 0.3) is 0 Å². The van der Waals surface area contributed by atoms with E-state index in [1.807, 2.05) is 22.6 Å². The summed E-state index contributed by atoms with van der Waals surface area (Å²) in [5.41, 5.74) is 3.64. The maximum absolute atomic E-state index is 12.3. The smallest absolute Gasteiger partial charge is 0.329 e. The highest BCUT2D eigenvalue weighted by Gasteiger charge is 2.15. The van der Waals surface area contributed by atoms with E-state index in [-0.39, 0.29) is 6.61 Å². The van der Waals surface area contributed by atoms with Gasteiger partial charge in [-0.2, -0.15) is 5.10 Å². The van der Waals surface area contributed by atoms with Crippen molar-refractivity contribution in [3.05, 3.63) is 74.8 Å². The SMILES string of the molecule is COc1ccc(NC(=O)C(=O)N/N=C\c2cc(I)c(OCC(=O)Nc3ccccc3Cl)c(OC)c2)cc1. The summed E-state index contributed by atoms with van der Waals surface area (Å²) < 4.78 is 16.7. The number of hydrazone groups is 1. The summed E-state index contributed by atoms with van der Waals surface area (Å²) in [6.07, 6.45) is 1.34. The molecule has 3 N–H and O–H groups in total. The van der Waals surface area contributed by atoms with Crippen molar-refractivity contribution in [3.8, 4) is 17.2 Å². The third-order valence-corrected chi connectivity index (χ3v) is 5.81. The number of para-hydroxylation sites is 1. The molecule has 3 rings (SSSR count). The number of benzene rings is 3. The standard InChI is InChI=1S/C25H22ClIN4O6/c1-35-17-9-7-16(8-10-17)29-24(33)25(34)31-28-13-15-11-19(27)23(21(12-15)36-2)37-14-22(32)30-20-6-4-3-5-18(20)26/h3-13H,14H2,1-2H3,(H,29,33)(H,30,32)(H,31,34)/b28-13-. The molecule has 0 aromatic heterocycles. The third kappa shape index (κ3) is 8.08. The molecule has 0 spiro atoms. The lowest BCUT2D eigenvalue weighted by Gasteiger charge is -2.14. The van der Waals surface area contributed by atoms with Crippen molar-refractivity contribution in [2.75, 3.05) is 31.5 Å². The largest absolute Gasteiger partial charge is 0.497 e. The average Bonchev–Trinajstić information content (AvgIpc) is 2.89. The van der Waals surface area contributed by atoms with Crippen LogP contribution in [0.15, 0.2) is 65.8 Å². The maximum atomic E-state index is 12.3. The highest BCUT2D eigenvalue weighted by molar-refractivity contribution is 14.1. The van der Waals surface area contributed by atoms with Crippen LogP contribution in [0.1, 0.15) is 5.56 Å². The quantitative estimate of drug-likeness (QED) is 0.141. The van der Waals surface area contributed by atoms with Gasteiger partial charge in [-0.15, -0.1) is 0 Å². The van der Waals surface area contributed by atoms with Crippen molar-refractivity contribution in [1.29, 1.82) is 0 Å². The molecule has 3 aromatic carbocycles. The van der Waals surface area contributed by atoms with E-state index in [0.29, 0.717) is 42.8 Å². The average molecular weight is 637 g/mol. The monoisotopic (exact) mass is 636 g/mol. The predicted octanol–water partition coefficient (Wildman–Crippen LogP) is 4.07. The molecule has 0 aliphatic carbocycles. The molecule has 192 valence electrons. The van der Waals surface area contributed by atoms with Gasteiger partial charge in [0.05, 0.1) is 34.7 Å². The molecule has 0 atom stereocenters. The Hall–Kier alpha value is -3.84. The molecule has 0 fully saturated rings. The van der Waals surface area contributed by atoms with Crippen LogP contribution in [0.5, 0.6) is 17.2 Å². The topological polar surface area (TPSA) is 127 Å². The third-order valence-electron chi connectivity index (χ3n) is 4.68. The number of hydrogen-bond acceptors (Lipinski definition) is 7. The van der Waals surface area contributed by atoms with Crippen molar-refractivity contribution in [1.82, 2.24) is 5.43 Å². The number of ether oxygens (including phenoxy) is 3. The first-order valence-electron chi connectivity index (χ1n) is 10.6. The van der Waals surface area contributed by atoms with Crippen molar-refractivity contribution >= 4 is 69.5 Å². The van der Waals surface area contributed by atoms with Crippen LogP contribution in [-0.4, -0.2) is 44.8 Å². The minimum atomic E-state index is -0.946. The molecule has 12 heteroatoms. The lowest BCUT2D eigenvalue weighted by molar-refractivity contribution is -0.136. The van der Waals surface area contributed by atoms with E-state index < -0.39 is 17.7 Å². The van der Waals surface area contributed by atoms with Crippen LogP contribution in [0, 0.1) is 3.57 Å². The molecule has 0 aliphatic rings. The number of methoxy groups -OCH3 is 2. The highest BCUT2D eigenvalue weighted by Crippen LogP contribution is 2.33. The van der Waals surface area contributed by atoms with E-state index in [2.05, 4.69) is 21.2 Å². The lowest BCUT2D eigenvalue weighted by Crippen LogP contribution is -2.32. The molecule has 0 aliphatic heterocycles. The van der Waals surface area contributed by atoms with Crippen molar-refractivity contribution in [2.24, 2.45) is 5.10 Å². The zero-order valence-electron chi connectivity index (χ0n) is 19.7. The molecule has 3 amide bonds. The van der Waals surface area contributed by atoms with Crippen LogP contribution in [0.2, 0.25) is 5.02 Å². The van der Waals surface area contributed by atoms with Gasteiger partial charge in [-0.3, -0.25) is 14.4 Å². The molecule has 0 bridgehead atoms. The number of hydrogen-bond donors (Lipinski definition) is 3. The van der Waals surface area contributed by atoms with Crippen molar-refractivity contribution in [2.45, 2.75) is 0 Å². The summed E-state index contributed by atoms with van der Waals surface area (Å²) in [7, 11) is 2.98. The Morgan fingerprint density at radius 1 is 0.973 bits per heavy atom. The van der Waals surface area contributed by atoms with Crippen LogP contribution >= 0.6 is 34.2 Å². The number of carbonyl (C=O) groups excluding carboxylic acids is 3. The van der Waals surface area contributed by atoms with Gasteiger partial charge in [0, 0.05) is 5.69 Å². The van der Waals surface area contributed by atoms with Crippen LogP contribution < -0.4 is 30.3 Å². The fourth-order valence-corrected chi connectivity index (χ4v) is 3.88. The second kappa shape index (κ2) is 13.5. The molecule has 3 aromatic rings. The first kappa shape index (κ1) is 27.7. The van der Waals surface area contributed by atoms with Gasteiger partial charge in [0.15, 0.2) is 18.1 Å². The minimum absolute atomic E-state index is 0.273. The lowest BCUT2D eigenvalue weighted by atomic mass is 10.2. The van der Waals surface area contributed by atoms with Gasteiger partial charge in [-0.05, 0) is 76.7 Å². The van der Waals surface area contributed by atoms with Gasteiger partial charge in [0.25, 0.3) is 5.91 Å². The number of halogens is 2. The molecule has 0 radical (unpaired) electrons. The second-order valence-corrected chi connectivity index (χ2v) is 8.80. The fraction of sp³-hybridized carbons (Fsp3) is 0.120. The van der Waals surface area contributed by atoms with Gasteiger partial charge in [-0.25, -0.2) is 5.43 Å². The summed E-state index contributed by atoms with van der Waals surface area (Å²) in [6.45, 7) is -0.273. The number of amides is 3. The molecule has 0 unspecified atom stereocenters. The van der Waals surface area contributed by atoms with Crippen molar-refractivity contribution < 1.29 is 28.6 Å². The predicted molar refractivity (Wildman–Crippen MR) is 149 cm³/mol. The highest BCUT2D eigenvalue weighted by atomic mass is 127. The molecule has 37 heavy (non-hydrogen) atoms. The van der Waals surface area contributed by atoms with E-state index in [1.54, 1.807) is 60.7 Å². The van der Waals surface area contributed by atoms with E-state index in [1.165, 1.54) is 20.4 Å². The van der Waals surface area contributed by atoms with Crippen LogP contribution in [0.4, 0.5) is 11.4 Å². The number of rotatable bonds is 9. The van der Waals surface area contributed by atoms with Gasteiger partial charge < -0.3 is 24.8 Å². The Bertz CT molecular complexity index is 1320. The second-order valence-electron chi connectivity index (χ2n) is 7.23. The Labute approximate surface area is 231 Å². The van der Waals surface area contributed by atoms with Gasteiger partial charge in [0.1, 0.15) is 5.75 Å². The molecule has 0 heterocycles. The molecule has 0 saturated heterocycles. The molecular formula is C25H22ClIN4O6. The minimum Gasteiger partial charge on any atom is -0.497 e. The van der Waals surface area contributed by atoms with E-state index in [9.17, 15) is 14.4 Å². The molecule has 10 nitrogen and oxygen atoms in total. The van der Waals surface area contributed by atoms with Crippen molar-refractivity contribution in [3.63, 3.8) is 0 Å².